The summed E-state index contributed by atoms with van der Waals surface area (Å²) in [6.07, 6.45) is 5.64. The van der Waals surface area contributed by atoms with Crippen molar-refractivity contribution >= 4 is 18.3 Å². The lowest BCUT2D eigenvalue weighted by atomic mass is 9.75. The SMILES string of the molecule is CC(CC(=O)N1CCC(C(C)(C)C)CC1)C1CCCNC1.Cl. The molecule has 22 heavy (non-hydrogen) atoms. The largest absolute Gasteiger partial charge is 0.343 e. The first-order valence-electron chi connectivity index (χ1n) is 8.86. The second-order valence-electron chi connectivity index (χ2n) is 8.31. The van der Waals surface area contributed by atoms with Gasteiger partial charge in [0.2, 0.25) is 5.91 Å². The van der Waals surface area contributed by atoms with Gasteiger partial charge in [0.25, 0.3) is 0 Å². The topological polar surface area (TPSA) is 32.3 Å². The normalized spacial score (nSPS) is 25.5. The Hall–Kier alpha value is -0.280. The van der Waals surface area contributed by atoms with Gasteiger partial charge in [-0.05, 0) is 61.9 Å². The van der Waals surface area contributed by atoms with Crippen molar-refractivity contribution in [2.45, 2.75) is 59.8 Å². The monoisotopic (exact) mass is 330 g/mol. The molecule has 130 valence electrons. The standard InChI is InChI=1S/C18H34N2O.ClH/c1-14(15-6-5-9-19-13-15)12-17(21)20-10-7-16(8-11-20)18(2,3)4;/h14-16,19H,5-13H2,1-4H3;1H. The fourth-order valence-corrected chi connectivity index (χ4v) is 3.93. The van der Waals surface area contributed by atoms with Gasteiger partial charge in [-0.25, -0.2) is 0 Å². The average Bonchev–Trinajstić information content (AvgIpc) is 2.47. The molecule has 2 unspecified atom stereocenters. The summed E-state index contributed by atoms with van der Waals surface area (Å²) in [5.74, 6) is 2.36. The lowest BCUT2D eigenvalue weighted by Crippen LogP contribution is -2.42. The Bertz CT molecular complexity index is 339. The van der Waals surface area contributed by atoms with Crippen LogP contribution in [0.5, 0.6) is 0 Å². The maximum atomic E-state index is 12.5. The molecule has 3 nitrogen and oxygen atoms in total. The Morgan fingerprint density at radius 2 is 1.86 bits per heavy atom. The molecular weight excluding hydrogens is 296 g/mol. The maximum absolute atomic E-state index is 12.5. The van der Waals surface area contributed by atoms with E-state index in [9.17, 15) is 4.79 Å². The number of carbonyl (C=O) groups is 1. The Labute approximate surface area is 143 Å². The average molecular weight is 331 g/mol. The number of carbonyl (C=O) groups excluding carboxylic acids is 1. The first kappa shape index (κ1) is 19.8. The molecule has 1 N–H and O–H groups in total. The maximum Gasteiger partial charge on any atom is 0.222 e. The van der Waals surface area contributed by atoms with Crippen LogP contribution in [-0.4, -0.2) is 37.0 Å². The number of rotatable bonds is 3. The van der Waals surface area contributed by atoms with Crippen molar-refractivity contribution in [2.24, 2.45) is 23.2 Å². The van der Waals surface area contributed by atoms with Crippen molar-refractivity contribution < 1.29 is 4.79 Å². The summed E-state index contributed by atoms with van der Waals surface area (Å²) < 4.78 is 0. The molecule has 1 amide bonds. The summed E-state index contributed by atoms with van der Waals surface area (Å²) in [5, 5.41) is 3.47. The van der Waals surface area contributed by atoms with Gasteiger partial charge < -0.3 is 10.2 Å². The van der Waals surface area contributed by atoms with Gasteiger partial charge in [0, 0.05) is 19.5 Å². The van der Waals surface area contributed by atoms with E-state index < -0.39 is 0 Å². The molecule has 0 aromatic heterocycles. The van der Waals surface area contributed by atoms with Crippen molar-refractivity contribution in [1.29, 1.82) is 0 Å². The zero-order valence-corrected chi connectivity index (χ0v) is 15.7. The summed E-state index contributed by atoms with van der Waals surface area (Å²) in [4.78, 5) is 14.6. The van der Waals surface area contributed by atoms with E-state index >= 15 is 0 Å². The molecule has 2 aliphatic heterocycles. The lowest BCUT2D eigenvalue weighted by molar-refractivity contribution is -0.134. The molecule has 0 spiro atoms. The first-order chi connectivity index (χ1) is 9.88. The molecule has 0 saturated carbocycles. The third-order valence-electron chi connectivity index (χ3n) is 5.71. The van der Waals surface area contributed by atoms with Crippen LogP contribution in [0.15, 0.2) is 0 Å². The van der Waals surface area contributed by atoms with Gasteiger partial charge in [-0.15, -0.1) is 12.4 Å². The summed E-state index contributed by atoms with van der Waals surface area (Å²) >= 11 is 0. The summed E-state index contributed by atoms with van der Waals surface area (Å²) in [7, 11) is 0. The van der Waals surface area contributed by atoms with Crippen LogP contribution >= 0.6 is 12.4 Å². The second kappa shape index (κ2) is 8.54. The van der Waals surface area contributed by atoms with E-state index in [4.69, 9.17) is 0 Å². The van der Waals surface area contributed by atoms with E-state index in [1.54, 1.807) is 0 Å². The number of halogens is 1. The van der Waals surface area contributed by atoms with Crippen molar-refractivity contribution in [3.05, 3.63) is 0 Å². The molecule has 2 saturated heterocycles. The highest BCUT2D eigenvalue weighted by molar-refractivity contribution is 5.85. The molecule has 2 heterocycles. The molecule has 0 bridgehead atoms. The Morgan fingerprint density at radius 1 is 1.23 bits per heavy atom. The van der Waals surface area contributed by atoms with Gasteiger partial charge in [0.15, 0.2) is 0 Å². The lowest BCUT2D eigenvalue weighted by Gasteiger charge is -2.39. The molecule has 2 fully saturated rings. The predicted octanol–water partition coefficient (Wildman–Crippen LogP) is 3.72. The molecule has 2 atom stereocenters. The van der Waals surface area contributed by atoms with Gasteiger partial charge in [-0.3, -0.25) is 4.79 Å². The molecule has 0 aromatic carbocycles. The minimum Gasteiger partial charge on any atom is -0.343 e. The van der Waals surface area contributed by atoms with Gasteiger partial charge in [0.1, 0.15) is 0 Å². The summed E-state index contributed by atoms with van der Waals surface area (Å²) in [5.41, 5.74) is 0.385. The molecular formula is C18H35ClN2O. The van der Waals surface area contributed by atoms with Crippen LogP contribution in [0.3, 0.4) is 0 Å². The highest BCUT2D eigenvalue weighted by Crippen LogP contribution is 2.34. The molecule has 0 radical (unpaired) electrons. The zero-order valence-electron chi connectivity index (χ0n) is 14.9. The van der Waals surface area contributed by atoms with Crippen molar-refractivity contribution in [3.63, 3.8) is 0 Å². The van der Waals surface area contributed by atoms with Crippen molar-refractivity contribution in [2.75, 3.05) is 26.2 Å². The number of nitrogens with one attached hydrogen (secondary N) is 1. The molecule has 2 rings (SSSR count). The quantitative estimate of drug-likeness (QED) is 0.855. The van der Waals surface area contributed by atoms with Crippen molar-refractivity contribution in [1.82, 2.24) is 10.2 Å². The number of nitrogens with zero attached hydrogens (tertiary/aromatic N) is 1. The second-order valence-corrected chi connectivity index (χ2v) is 8.31. The molecule has 0 aromatic rings. The van der Waals surface area contributed by atoms with Crippen LogP contribution < -0.4 is 5.32 Å². The van der Waals surface area contributed by atoms with Gasteiger partial charge in [0.05, 0.1) is 0 Å². The Morgan fingerprint density at radius 3 is 2.36 bits per heavy atom. The third kappa shape index (κ3) is 5.42. The van der Waals surface area contributed by atoms with E-state index in [2.05, 4.69) is 37.9 Å². The van der Waals surface area contributed by atoms with Crippen LogP contribution in [0.1, 0.15) is 59.8 Å². The number of amides is 1. The Balaban J connectivity index is 0.00000242. The van der Waals surface area contributed by atoms with Crippen LogP contribution in [0.2, 0.25) is 0 Å². The predicted molar refractivity (Wildman–Crippen MR) is 95.4 cm³/mol. The number of hydrogen-bond donors (Lipinski definition) is 1. The van der Waals surface area contributed by atoms with Crippen LogP contribution in [0.4, 0.5) is 0 Å². The fourth-order valence-electron chi connectivity index (χ4n) is 3.93. The van der Waals surface area contributed by atoms with E-state index in [0.29, 0.717) is 23.2 Å². The summed E-state index contributed by atoms with van der Waals surface area (Å²) in [6, 6.07) is 0. The van der Waals surface area contributed by atoms with E-state index in [1.165, 1.54) is 25.7 Å². The number of hydrogen-bond acceptors (Lipinski definition) is 2. The highest BCUT2D eigenvalue weighted by atomic mass is 35.5. The smallest absolute Gasteiger partial charge is 0.222 e. The van der Waals surface area contributed by atoms with E-state index in [0.717, 1.165) is 38.5 Å². The van der Waals surface area contributed by atoms with Crippen LogP contribution in [-0.2, 0) is 4.79 Å². The zero-order chi connectivity index (χ0) is 15.5. The molecule has 4 heteroatoms. The molecule has 2 aliphatic rings. The molecule has 0 aliphatic carbocycles. The van der Waals surface area contributed by atoms with Crippen molar-refractivity contribution in [3.8, 4) is 0 Å². The number of piperidine rings is 2. The van der Waals surface area contributed by atoms with Gasteiger partial charge in [-0.1, -0.05) is 27.7 Å². The Kier molecular flexibility index (Phi) is 7.67. The summed E-state index contributed by atoms with van der Waals surface area (Å²) in [6.45, 7) is 13.4. The van der Waals surface area contributed by atoms with Gasteiger partial charge in [-0.2, -0.15) is 0 Å². The minimum atomic E-state index is 0. The number of likely N-dealkylation sites (tertiary alicyclic amines) is 1. The van der Waals surface area contributed by atoms with Crippen LogP contribution in [0.25, 0.3) is 0 Å². The fraction of sp³-hybridized carbons (Fsp3) is 0.944. The van der Waals surface area contributed by atoms with E-state index in [1.807, 2.05) is 0 Å². The minimum absolute atomic E-state index is 0. The van der Waals surface area contributed by atoms with Crippen LogP contribution in [0, 0.1) is 23.2 Å². The first-order valence-corrected chi connectivity index (χ1v) is 8.86. The third-order valence-corrected chi connectivity index (χ3v) is 5.71. The van der Waals surface area contributed by atoms with Gasteiger partial charge >= 0.3 is 0 Å². The highest BCUT2D eigenvalue weighted by Gasteiger charge is 2.31. The van der Waals surface area contributed by atoms with E-state index in [-0.39, 0.29) is 12.4 Å².